The third-order valence-corrected chi connectivity index (χ3v) is 4.05. The molecule has 1 fully saturated rings. The SMILES string of the molecule is COC1(c2noc([C@@H](O)CCN)n2)CCC(C)CC1. The molecule has 1 aliphatic carbocycles. The first-order valence-electron chi connectivity index (χ1n) is 6.88. The van der Waals surface area contributed by atoms with Gasteiger partial charge in [0, 0.05) is 7.11 Å². The van der Waals surface area contributed by atoms with Crippen molar-refractivity contribution in [1.82, 2.24) is 10.1 Å². The molecule has 0 aliphatic heterocycles. The number of aromatic nitrogens is 2. The number of ether oxygens (including phenoxy) is 1. The van der Waals surface area contributed by atoms with E-state index in [-0.39, 0.29) is 5.89 Å². The fourth-order valence-electron chi connectivity index (χ4n) is 2.58. The number of rotatable bonds is 5. The summed E-state index contributed by atoms with van der Waals surface area (Å²) >= 11 is 0. The second-order valence-corrected chi connectivity index (χ2v) is 5.43. The third kappa shape index (κ3) is 2.96. The first-order chi connectivity index (χ1) is 9.11. The van der Waals surface area contributed by atoms with Crippen molar-refractivity contribution in [1.29, 1.82) is 0 Å². The first-order valence-corrected chi connectivity index (χ1v) is 6.88. The summed E-state index contributed by atoms with van der Waals surface area (Å²) in [6.45, 7) is 2.62. The van der Waals surface area contributed by atoms with Crippen molar-refractivity contribution in [3.63, 3.8) is 0 Å². The van der Waals surface area contributed by atoms with E-state index in [1.54, 1.807) is 7.11 Å². The molecular formula is C13H23N3O3. The van der Waals surface area contributed by atoms with Gasteiger partial charge in [0.2, 0.25) is 5.82 Å². The number of methoxy groups -OCH3 is 1. The van der Waals surface area contributed by atoms with E-state index in [1.807, 2.05) is 0 Å². The largest absolute Gasteiger partial charge is 0.383 e. The summed E-state index contributed by atoms with van der Waals surface area (Å²) < 4.78 is 10.8. The molecule has 1 aromatic heterocycles. The number of aliphatic hydroxyl groups is 1. The number of hydrogen-bond acceptors (Lipinski definition) is 6. The summed E-state index contributed by atoms with van der Waals surface area (Å²) in [6.07, 6.45) is 3.57. The minimum Gasteiger partial charge on any atom is -0.383 e. The molecule has 0 unspecified atom stereocenters. The third-order valence-electron chi connectivity index (χ3n) is 4.05. The Morgan fingerprint density at radius 2 is 2.21 bits per heavy atom. The van der Waals surface area contributed by atoms with Gasteiger partial charge in [0.25, 0.3) is 5.89 Å². The van der Waals surface area contributed by atoms with Crippen molar-refractivity contribution in [2.45, 2.75) is 50.7 Å². The van der Waals surface area contributed by atoms with Crippen molar-refractivity contribution < 1.29 is 14.4 Å². The van der Waals surface area contributed by atoms with Gasteiger partial charge in [0.15, 0.2) is 0 Å². The second kappa shape index (κ2) is 5.98. The van der Waals surface area contributed by atoms with E-state index >= 15 is 0 Å². The maximum atomic E-state index is 9.81. The van der Waals surface area contributed by atoms with Crippen LogP contribution in [0.5, 0.6) is 0 Å². The Hall–Kier alpha value is -0.980. The van der Waals surface area contributed by atoms with Gasteiger partial charge >= 0.3 is 0 Å². The van der Waals surface area contributed by atoms with Crippen molar-refractivity contribution in [2.75, 3.05) is 13.7 Å². The van der Waals surface area contributed by atoms with Crippen LogP contribution in [0.3, 0.4) is 0 Å². The number of hydrogen-bond donors (Lipinski definition) is 2. The Labute approximate surface area is 113 Å². The molecule has 2 rings (SSSR count). The highest BCUT2D eigenvalue weighted by atomic mass is 16.5. The normalized spacial score (nSPS) is 29.4. The molecule has 6 nitrogen and oxygen atoms in total. The molecular weight excluding hydrogens is 246 g/mol. The van der Waals surface area contributed by atoms with Crippen LogP contribution in [0.4, 0.5) is 0 Å². The summed E-state index contributed by atoms with van der Waals surface area (Å²) in [4.78, 5) is 4.31. The Balaban J connectivity index is 2.15. The maximum Gasteiger partial charge on any atom is 0.255 e. The number of aliphatic hydroxyl groups excluding tert-OH is 1. The molecule has 0 saturated heterocycles. The van der Waals surface area contributed by atoms with E-state index in [9.17, 15) is 5.11 Å². The van der Waals surface area contributed by atoms with Gasteiger partial charge in [-0.3, -0.25) is 0 Å². The second-order valence-electron chi connectivity index (χ2n) is 5.43. The van der Waals surface area contributed by atoms with E-state index in [0.29, 0.717) is 24.7 Å². The molecule has 0 amide bonds. The van der Waals surface area contributed by atoms with Gasteiger partial charge in [-0.1, -0.05) is 12.1 Å². The zero-order chi connectivity index (χ0) is 13.9. The molecule has 1 saturated carbocycles. The van der Waals surface area contributed by atoms with Gasteiger partial charge in [0.1, 0.15) is 11.7 Å². The molecule has 6 heteroatoms. The van der Waals surface area contributed by atoms with Crippen LogP contribution in [0, 0.1) is 5.92 Å². The lowest BCUT2D eigenvalue weighted by Gasteiger charge is -2.35. The van der Waals surface area contributed by atoms with Crippen molar-refractivity contribution in [3.05, 3.63) is 11.7 Å². The highest BCUT2D eigenvalue weighted by Gasteiger charge is 2.40. The average molecular weight is 269 g/mol. The lowest BCUT2D eigenvalue weighted by molar-refractivity contribution is -0.0609. The molecule has 1 heterocycles. The minimum atomic E-state index is -0.789. The lowest BCUT2D eigenvalue weighted by Crippen LogP contribution is -2.34. The molecule has 0 aromatic carbocycles. The van der Waals surface area contributed by atoms with Crippen LogP contribution in [0.1, 0.15) is 56.8 Å². The molecule has 0 radical (unpaired) electrons. The van der Waals surface area contributed by atoms with Gasteiger partial charge < -0.3 is 20.1 Å². The van der Waals surface area contributed by atoms with Crippen molar-refractivity contribution >= 4 is 0 Å². The van der Waals surface area contributed by atoms with E-state index in [1.165, 1.54) is 0 Å². The van der Waals surface area contributed by atoms with Crippen LogP contribution < -0.4 is 5.73 Å². The van der Waals surface area contributed by atoms with E-state index in [2.05, 4.69) is 17.1 Å². The fraction of sp³-hybridized carbons (Fsp3) is 0.846. The molecule has 0 bridgehead atoms. The summed E-state index contributed by atoms with van der Waals surface area (Å²) in [5.41, 5.74) is 4.95. The van der Waals surface area contributed by atoms with Crippen LogP contribution in [-0.2, 0) is 10.3 Å². The van der Waals surface area contributed by atoms with E-state index in [0.717, 1.165) is 25.7 Å². The predicted octanol–water partition coefficient (Wildman–Crippen LogP) is 1.50. The molecule has 19 heavy (non-hydrogen) atoms. The summed E-state index contributed by atoms with van der Waals surface area (Å²) in [6, 6.07) is 0. The quantitative estimate of drug-likeness (QED) is 0.841. The average Bonchev–Trinajstić information content (AvgIpc) is 2.91. The van der Waals surface area contributed by atoms with Crippen LogP contribution >= 0.6 is 0 Å². The standard InChI is InChI=1S/C13H23N3O3/c1-9-3-6-13(18-2,7-4-9)12-15-11(19-16-12)10(17)5-8-14/h9-10,17H,3-8,14H2,1-2H3/t9?,10-,13?/m0/s1. The van der Waals surface area contributed by atoms with Crippen molar-refractivity contribution in [2.24, 2.45) is 11.7 Å². The summed E-state index contributed by atoms with van der Waals surface area (Å²) in [7, 11) is 1.68. The summed E-state index contributed by atoms with van der Waals surface area (Å²) in [5, 5.41) is 13.8. The Bertz CT molecular complexity index is 400. The van der Waals surface area contributed by atoms with Gasteiger partial charge in [0.05, 0.1) is 0 Å². The zero-order valence-corrected chi connectivity index (χ0v) is 11.6. The predicted molar refractivity (Wildman–Crippen MR) is 69.2 cm³/mol. The lowest BCUT2D eigenvalue weighted by atomic mass is 9.79. The molecule has 1 atom stereocenters. The van der Waals surface area contributed by atoms with Crippen LogP contribution in [0.25, 0.3) is 0 Å². The molecule has 1 aliphatic rings. The van der Waals surface area contributed by atoms with Gasteiger partial charge in [-0.15, -0.1) is 0 Å². The maximum absolute atomic E-state index is 9.81. The molecule has 3 N–H and O–H groups in total. The van der Waals surface area contributed by atoms with Gasteiger partial charge in [-0.05, 0) is 44.6 Å². The van der Waals surface area contributed by atoms with Crippen molar-refractivity contribution in [3.8, 4) is 0 Å². The molecule has 108 valence electrons. The topological polar surface area (TPSA) is 94.4 Å². The highest BCUT2D eigenvalue weighted by molar-refractivity contribution is 5.04. The van der Waals surface area contributed by atoms with Crippen LogP contribution in [0.15, 0.2) is 4.52 Å². The molecule has 1 aromatic rings. The Morgan fingerprint density at radius 1 is 1.53 bits per heavy atom. The first kappa shape index (κ1) is 14.4. The number of nitrogens with two attached hydrogens (primary N) is 1. The Kier molecular flexibility index (Phi) is 4.54. The van der Waals surface area contributed by atoms with E-state index < -0.39 is 11.7 Å². The highest BCUT2D eigenvalue weighted by Crippen LogP contribution is 2.40. The summed E-state index contributed by atoms with van der Waals surface area (Å²) in [5.74, 6) is 1.49. The van der Waals surface area contributed by atoms with Crippen LogP contribution in [0.2, 0.25) is 0 Å². The van der Waals surface area contributed by atoms with Gasteiger partial charge in [-0.2, -0.15) is 4.98 Å². The van der Waals surface area contributed by atoms with Gasteiger partial charge in [-0.25, -0.2) is 0 Å². The van der Waals surface area contributed by atoms with Crippen LogP contribution in [-0.4, -0.2) is 28.9 Å². The monoisotopic (exact) mass is 269 g/mol. The van der Waals surface area contributed by atoms with E-state index in [4.69, 9.17) is 15.0 Å². The molecule has 0 spiro atoms. The minimum absolute atomic E-state index is 0.232. The number of nitrogens with zero attached hydrogens (tertiary/aromatic N) is 2. The fourth-order valence-corrected chi connectivity index (χ4v) is 2.58. The Morgan fingerprint density at radius 3 is 2.79 bits per heavy atom. The smallest absolute Gasteiger partial charge is 0.255 e. The zero-order valence-electron chi connectivity index (χ0n) is 11.6.